The monoisotopic (exact) mass is 384 g/mol. The van der Waals surface area contributed by atoms with Crippen molar-refractivity contribution in [3.05, 3.63) is 11.6 Å². The number of ketones is 1. The molecule has 1 saturated heterocycles. The Kier molecular flexibility index (Phi) is 2.72. The van der Waals surface area contributed by atoms with Gasteiger partial charge in [0.2, 0.25) is 5.79 Å². The molecular formula is C23H28O5. The van der Waals surface area contributed by atoms with Crippen LogP contribution in [0, 0.1) is 52.3 Å². The van der Waals surface area contributed by atoms with E-state index in [1.165, 1.54) is 5.57 Å². The van der Waals surface area contributed by atoms with Gasteiger partial charge in [-0.05, 0) is 72.7 Å². The van der Waals surface area contributed by atoms with Gasteiger partial charge in [0.05, 0.1) is 6.10 Å². The normalized spacial score (nSPS) is 62.9. The second-order valence-electron chi connectivity index (χ2n) is 11.2. The quantitative estimate of drug-likeness (QED) is 0.650. The van der Waals surface area contributed by atoms with Gasteiger partial charge in [0.25, 0.3) is 0 Å². The van der Waals surface area contributed by atoms with Gasteiger partial charge in [0.15, 0.2) is 5.78 Å². The summed E-state index contributed by atoms with van der Waals surface area (Å²) in [6, 6.07) is 0. The average molecular weight is 384 g/mol. The van der Waals surface area contributed by atoms with E-state index < -0.39 is 11.9 Å². The molecule has 1 heterocycles. The molecule has 0 aromatic rings. The third-order valence-electron chi connectivity index (χ3n) is 10.2. The Balaban J connectivity index is 1.36. The minimum Gasteiger partial charge on any atom is -0.430 e. The Labute approximate surface area is 164 Å². The molecule has 6 aliphatic carbocycles. The van der Waals surface area contributed by atoms with Crippen LogP contribution in [-0.2, 0) is 19.1 Å². The van der Waals surface area contributed by atoms with Crippen molar-refractivity contribution in [3.63, 3.8) is 0 Å². The molecule has 28 heavy (non-hydrogen) atoms. The topological polar surface area (TPSA) is 72.8 Å². The zero-order valence-electron chi connectivity index (χ0n) is 16.5. The van der Waals surface area contributed by atoms with Gasteiger partial charge in [-0.3, -0.25) is 4.79 Å². The lowest BCUT2D eigenvalue weighted by molar-refractivity contribution is -0.271. The third-order valence-corrected chi connectivity index (χ3v) is 10.2. The zero-order valence-corrected chi connectivity index (χ0v) is 16.5. The van der Waals surface area contributed by atoms with E-state index in [0.29, 0.717) is 48.3 Å². The smallest absolute Gasteiger partial charge is 0.334 e. The van der Waals surface area contributed by atoms with Crippen molar-refractivity contribution in [2.45, 2.75) is 57.8 Å². The van der Waals surface area contributed by atoms with Gasteiger partial charge in [-0.1, -0.05) is 19.4 Å². The summed E-state index contributed by atoms with van der Waals surface area (Å²) in [5, 5.41) is 11.5. The summed E-state index contributed by atoms with van der Waals surface area (Å²) >= 11 is 0. The van der Waals surface area contributed by atoms with E-state index in [1.54, 1.807) is 0 Å². The van der Waals surface area contributed by atoms with Crippen molar-refractivity contribution in [2.75, 3.05) is 6.61 Å². The van der Waals surface area contributed by atoms with Crippen LogP contribution in [0.3, 0.4) is 0 Å². The zero-order chi connectivity index (χ0) is 19.2. The number of carbonyl (C=O) groups is 2. The number of allylic oxidation sites excluding steroid dienone is 1. The first-order valence-corrected chi connectivity index (χ1v) is 11.1. The third kappa shape index (κ3) is 1.60. The van der Waals surface area contributed by atoms with Crippen molar-refractivity contribution in [1.82, 2.24) is 0 Å². The highest BCUT2D eigenvalue weighted by Crippen LogP contribution is 2.81. The van der Waals surface area contributed by atoms with Gasteiger partial charge in [0.1, 0.15) is 6.61 Å². The van der Waals surface area contributed by atoms with E-state index in [1.807, 2.05) is 6.08 Å². The van der Waals surface area contributed by atoms with Crippen molar-refractivity contribution in [2.24, 2.45) is 52.3 Å². The van der Waals surface area contributed by atoms with Crippen LogP contribution in [0.25, 0.3) is 0 Å². The summed E-state index contributed by atoms with van der Waals surface area (Å²) in [7, 11) is 0. The molecule has 0 radical (unpaired) electrons. The maximum absolute atomic E-state index is 12.2. The summed E-state index contributed by atoms with van der Waals surface area (Å²) in [4.78, 5) is 24.2. The molecule has 5 saturated carbocycles. The highest BCUT2D eigenvalue weighted by Gasteiger charge is 2.83. The number of aliphatic hydroxyl groups excluding tert-OH is 1. The Morgan fingerprint density at radius 1 is 1.14 bits per heavy atom. The number of ether oxygens (including phenoxy) is 2. The van der Waals surface area contributed by atoms with Crippen molar-refractivity contribution < 1.29 is 24.2 Å². The van der Waals surface area contributed by atoms with Crippen molar-refractivity contribution in [3.8, 4) is 0 Å². The first-order chi connectivity index (χ1) is 13.3. The first-order valence-electron chi connectivity index (χ1n) is 11.1. The van der Waals surface area contributed by atoms with Crippen LogP contribution in [0.1, 0.15) is 46.0 Å². The lowest BCUT2D eigenvalue weighted by Crippen LogP contribution is -2.62. The first kappa shape index (κ1) is 16.6. The molecule has 1 N–H and O–H groups in total. The number of carbonyl (C=O) groups excluding carboxylic acids is 2. The summed E-state index contributed by atoms with van der Waals surface area (Å²) in [6.07, 6.45) is 5.84. The van der Waals surface area contributed by atoms with Crippen molar-refractivity contribution in [1.29, 1.82) is 0 Å². The van der Waals surface area contributed by atoms with E-state index in [-0.39, 0.29) is 35.1 Å². The fourth-order valence-electron chi connectivity index (χ4n) is 9.27. The minimum absolute atomic E-state index is 0.0501. The molecule has 5 nitrogen and oxygen atoms in total. The number of fused-ring (bicyclic) bond motifs is 12. The predicted molar refractivity (Wildman–Crippen MR) is 97.6 cm³/mol. The summed E-state index contributed by atoms with van der Waals surface area (Å²) in [5.74, 6) is 2.26. The molecule has 6 fully saturated rings. The molecule has 0 aromatic heterocycles. The van der Waals surface area contributed by atoms with E-state index >= 15 is 0 Å². The molecule has 0 amide bonds. The number of hydrogen-bond acceptors (Lipinski definition) is 5. The van der Waals surface area contributed by atoms with Gasteiger partial charge >= 0.3 is 5.97 Å². The lowest BCUT2D eigenvalue weighted by atomic mass is 9.45. The molecule has 1 unspecified atom stereocenters. The summed E-state index contributed by atoms with van der Waals surface area (Å²) in [6.45, 7) is 4.58. The van der Waals surface area contributed by atoms with Gasteiger partial charge in [-0.2, -0.15) is 0 Å². The molecule has 0 aromatic carbocycles. The Bertz CT molecular complexity index is 863. The highest BCUT2D eigenvalue weighted by atomic mass is 16.8. The molecule has 7 aliphatic rings. The average Bonchev–Trinajstić information content (AvgIpc) is 3.53. The van der Waals surface area contributed by atoms with Crippen LogP contribution >= 0.6 is 0 Å². The maximum Gasteiger partial charge on any atom is 0.334 e. The number of aliphatic hydroxyl groups is 1. The van der Waals surface area contributed by atoms with E-state index in [0.717, 1.165) is 19.3 Å². The fourth-order valence-corrected chi connectivity index (χ4v) is 9.27. The molecule has 0 bridgehead atoms. The van der Waals surface area contributed by atoms with Gasteiger partial charge in [-0.25, -0.2) is 4.79 Å². The van der Waals surface area contributed by atoms with Crippen LogP contribution in [0.2, 0.25) is 0 Å². The molecule has 11 atom stereocenters. The SMILES string of the molecule is C[C@]12CCC(=O)C=C1[C@@H]1C[C@@H]1[C@@H]1C2[C@H](O)C[C@@]2(C)[C@H]1[C@@H]1C[C@@H]1[C@@]21OCC(=O)O1. The maximum atomic E-state index is 12.2. The Morgan fingerprint density at radius 2 is 1.96 bits per heavy atom. The van der Waals surface area contributed by atoms with Crippen LogP contribution in [0.15, 0.2) is 11.6 Å². The number of rotatable bonds is 0. The molecule has 7 rings (SSSR count). The molecule has 150 valence electrons. The largest absolute Gasteiger partial charge is 0.430 e. The van der Waals surface area contributed by atoms with Crippen LogP contribution < -0.4 is 0 Å². The molecule has 1 aliphatic heterocycles. The second kappa shape index (κ2) is 4.59. The van der Waals surface area contributed by atoms with E-state index in [4.69, 9.17) is 9.47 Å². The Hall–Kier alpha value is -1.20. The standard InChI is InChI=1S/C23H28O5/c1-21-4-3-10(24)5-14(21)11-6-12(11)18-19-13-7-15(13)23(27-9-17(26)28-23)22(19,2)8-16(25)20(18)21/h5,11-13,15-16,18-20,25H,3-4,6-9H2,1-2H3/t11-,12+,13-,15+,16-,18+,19+,20?,21+,22+,23+/m1/s1. The number of esters is 1. The van der Waals surface area contributed by atoms with Crippen LogP contribution in [-0.4, -0.2) is 35.4 Å². The lowest BCUT2D eigenvalue weighted by Gasteiger charge is -2.61. The van der Waals surface area contributed by atoms with Crippen molar-refractivity contribution >= 4 is 11.8 Å². The minimum atomic E-state index is -0.810. The molecule has 1 spiro atoms. The molecular weight excluding hydrogens is 356 g/mol. The van der Waals surface area contributed by atoms with Crippen LogP contribution in [0.4, 0.5) is 0 Å². The summed E-state index contributed by atoms with van der Waals surface area (Å²) in [5.41, 5.74) is 0.966. The highest BCUT2D eigenvalue weighted by molar-refractivity contribution is 5.92. The van der Waals surface area contributed by atoms with E-state index in [2.05, 4.69) is 13.8 Å². The van der Waals surface area contributed by atoms with Gasteiger partial charge in [0, 0.05) is 17.8 Å². The van der Waals surface area contributed by atoms with Gasteiger partial charge < -0.3 is 14.6 Å². The van der Waals surface area contributed by atoms with Gasteiger partial charge in [-0.15, -0.1) is 0 Å². The predicted octanol–water partition coefficient (Wildman–Crippen LogP) is 2.47. The second-order valence-corrected chi connectivity index (χ2v) is 11.2. The molecule has 5 heteroatoms. The Morgan fingerprint density at radius 3 is 2.71 bits per heavy atom. The fraction of sp³-hybridized carbons (Fsp3) is 0.826. The van der Waals surface area contributed by atoms with Crippen LogP contribution in [0.5, 0.6) is 0 Å². The summed E-state index contributed by atoms with van der Waals surface area (Å²) < 4.78 is 12.1. The number of hydrogen-bond donors (Lipinski definition) is 1. The van der Waals surface area contributed by atoms with E-state index in [9.17, 15) is 14.7 Å².